The highest BCUT2D eigenvalue weighted by Crippen LogP contribution is 2.31. The van der Waals surface area contributed by atoms with Crippen molar-refractivity contribution in [2.24, 2.45) is 5.14 Å². The molecule has 0 aromatic heterocycles. The van der Waals surface area contributed by atoms with Gasteiger partial charge in [0.05, 0.1) is 22.5 Å². The first-order valence-electron chi connectivity index (χ1n) is 11.7. The van der Waals surface area contributed by atoms with Crippen LogP contribution in [0.4, 0.5) is 0 Å². The Morgan fingerprint density at radius 1 is 1.19 bits per heavy atom. The molecular formula is C27H27N3O6S. The van der Waals surface area contributed by atoms with Crippen molar-refractivity contribution < 1.29 is 28.2 Å². The summed E-state index contributed by atoms with van der Waals surface area (Å²) in [6, 6.07) is 19.2. The topological polar surface area (TPSA) is 150 Å². The number of phenolic OH excluding ortho intramolecular Hbond substituents is 1. The molecule has 3 aromatic rings. The Morgan fingerprint density at radius 2 is 1.92 bits per heavy atom. The SMILES string of the molecule is C[C@H](NC(=O)[C@H]1CCCN1Cc1cc#cc(-c2ccc(S(N)(=O)=O)cc2O)c1)c1ccc(C(=O)O)cc1. The Bertz CT molecular complexity index is 1420. The average Bonchev–Trinajstić information content (AvgIpc) is 3.31. The van der Waals surface area contributed by atoms with Crippen LogP contribution in [-0.2, 0) is 21.4 Å². The Morgan fingerprint density at radius 3 is 2.57 bits per heavy atom. The van der Waals surface area contributed by atoms with Crippen LogP contribution in [0.3, 0.4) is 0 Å². The molecule has 37 heavy (non-hydrogen) atoms. The molecule has 0 bridgehead atoms. The summed E-state index contributed by atoms with van der Waals surface area (Å²) < 4.78 is 23.1. The van der Waals surface area contributed by atoms with Crippen molar-refractivity contribution in [3.05, 3.63) is 83.4 Å². The van der Waals surface area contributed by atoms with Crippen LogP contribution in [0.5, 0.6) is 5.75 Å². The lowest BCUT2D eigenvalue weighted by molar-refractivity contribution is -0.126. The predicted molar refractivity (Wildman–Crippen MR) is 136 cm³/mol. The second-order valence-corrected chi connectivity index (χ2v) is 10.6. The smallest absolute Gasteiger partial charge is 0.335 e. The number of hydrogen-bond acceptors (Lipinski definition) is 6. The van der Waals surface area contributed by atoms with Crippen LogP contribution in [0.2, 0.25) is 0 Å². The van der Waals surface area contributed by atoms with E-state index in [1.807, 2.05) is 13.0 Å². The molecule has 3 aromatic carbocycles. The minimum Gasteiger partial charge on any atom is -0.507 e. The number of nitrogens with zero attached hydrogens (tertiary/aromatic N) is 1. The zero-order valence-electron chi connectivity index (χ0n) is 20.1. The molecule has 1 saturated heterocycles. The molecule has 0 saturated carbocycles. The van der Waals surface area contributed by atoms with E-state index >= 15 is 0 Å². The monoisotopic (exact) mass is 521 g/mol. The second-order valence-electron chi connectivity index (χ2n) is 9.06. The molecule has 0 unspecified atom stereocenters. The lowest BCUT2D eigenvalue weighted by Crippen LogP contribution is -2.43. The van der Waals surface area contributed by atoms with Gasteiger partial charge in [0.25, 0.3) is 0 Å². The van der Waals surface area contributed by atoms with Crippen LogP contribution in [0, 0.1) is 12.1 Å². The molecule has 1 aliphatic heterocycles. The van der Waals surface area contributed by atoms with Crippen LogP contribution >= 0.6 is 0 Å². The zero-order valence-corrected chi connectivity index (χ0v) is 21.0. The van der Waals surface area contributed by atoms with Crippen LogP contribution in [0.15, 0.2) is 59.5 Å². The number of rotatable bonds is 8. The van der Waals surface area contributed by atoms with E-state index in [-0.39, 0.29) is 34.2 Å². The predicted octanol–water partition coefficient (Wildman–Crippen LogP) is 2.85. The van der Waals surface area contributed by atoms with Gasteiger partial charge in [-0.1, -0.05) is 24.3 Å². The van der Waals surface area contributed by atoms with Gasteiger partial charge in [-0.25, -0.2) is 18.4 Å². The summed E-state index contributed by atoms with van der Waals surface area (Å²) in [6.45, 7) is 3.07. The number of amides is 1. The fourth-order valence-electron chi connectivity index (χ4n) is 4.48. The third-order valence-electron chi connectivity index (χ3n) is 6.45. The lowest BCUT2D eigenvalue weighted by Gasteiger charge is -2.25. The van der Waals surface area contributed by atoms with E-state index in [2.05, 4.69) is 22.3 Å². The Balaban J connectivity index is 1.45. The first-order valence-corrected chi connectivity index (χ1v) is 13.2. The molecule has 1 aliphatic rings. The van der Waals surface area contributed by atoms with Crippen LogP contribution < -0.4 is 10.5 Å². The van der Waals surface area contributed by atoms with Gasteiger partial charge < -0.3 is 15.5 Å². The summed E-state index contributed by atoms with van der Waals surface area (Å²) in [4.78, 5) is 26.1. The Hall–Kier alpha value is -3.91. The fourth-order valence-corrected chi connectivity index (χ4v) is 5.01. The number of carboxylic acids is 1. The van der Waals surface area contributed by atoms with Crippen molar-refractivity contribution >= 4 is 21.9 Å². The highest BCUT2D eigenvalue weighted by Gasteiger charge is 2.31. The van der Waals surface area contributed by atoms with E-state index < -0.39 is 16.0 Å². The number of benzene rings is 2. The lowest BCUT2D eigenvalue weighted by atomic mass is 10.0. The van der Waals surface area contributed by atoms with Crippen molar-refractivity contribution in [3.63, 3.8) is 0 Å². The summed E-state index contributed by atoms with van der Waals surface area (Å²) in [5.74, 6) is -1.34. The number of hydrogen-bond donors (Lipinski definition) is 4. The highest BCUT2D eigenvalue weighted by atomic mass is 32.2. The molecule has 1 amide bonds. The number of likely N-dealkylation sites (tertiary alicyclic amines) is 1. The van der Waals surface area contributed by atoms with Gasteiger partial charge in [-0.3, -0.25) is 9.69 Å². The van der Waals surface area contributed by atoms with E-state index in [1.165, 1.54) is 24.3 Å². The largest absolute Gasteiger partial charge is 0.507 e. The van der Waals surface area contributed by atoms with Gasteiger partial charge in [-0.2, -0.15) is 0 Å². The number of carbonyl (C=O) groups is 2. The quantitative estimate of drug-likeness (QED) is 0.356. The highest BCUT2D eigenvalue weighted by molar-refractivity contribution is 7.89. The van der Waals surface area contributed by atoms with Crippen molar-refractivity contribution in [1.82, 2.24) is 10.2 Å². The summed E-state index contributed by atoms with van der Waals surface area (Å²) in [7, 11) is -3.94. The van der Waals surface area contributed by atoms with Crippen molar-refractivity contribution in [2.45, 2.75) is 43.3 Å². The number of sulfonamides is 1. The summed E-state index contributed by atoms with van der Waals surface area (Å²) in [5.41, 5.74) is 2.79. The van der Waals surface area contributed by atoms with Gasteiger partial charge in [-0.05, 0) is 73.8 Å². The van der Waals surface area contributed by atoms with Crippen molar-refractivity contribution in [3.8, 4) is 16.9 Å². The minimum absolute atomic E-state index is 0.102. The summed E-state index contributed by atoms with van der Waals surface area (Å²) in [6.07, 6.45) is 1.58. The first-order chi connectivity index (χ1) is 17.5. The number of nitrogens with two attached hydrogens (primary N) is 1. The molecule has 2 atom stereocenters. The number of carboxylic acid groups (broad SMARTS) is 1. The number of phenols is 1. The van der Waals surface area contributed by atoms with Crippen LogP contribution in [0.25, 0.3) is 11.1 Å². The number of aromatic hydroxyl groups is 1. The molecular weight excluding hydrogens is 494 g/mol. The maximum Gasteiger partial charge on any atom is 0.335 e. The number of primary sulfonamides is 1. The van der Waals surface area contributed by atoms with Gasteiger partial charge in [0.1, 0.15) is 5.75 Å². The van der Waals surface area contributed by atoms with Gasteiger partial charge in [0.2, 0.25) is 15.9 Å². The molecule has 0 aliphatic carbocycles. The first kappa shape index (κ1) is 26.2. The molecule has 0 radical (unpaired) electrons. The van der Waals surface area contributed by atoms with E-state index in [1.54, 1.807) is 18.2 Å². The molecule has 0 spiro atoms. The molecule has 10 heteroatoms. The average molecular weight is 522 g/mol. The number of aromatic carboxylic acids is 1. The maximum atomic E-state index is 13.1. The van der Waals surface area contributed by atoms with Crippen molar-refractivity contribution in [1.29, 1.82) is 0 Å². The van der Waals surface area contributed by atoms with Crippen LogP contribution in [-0.4, -0.2) is 48.0 Å². The summed E-state index contributed by atoms with van der Waals surface area (Å²) >= 11 is 0. The minimum atomic E-state index is -3.94. The molecule has 192 valence electrons. The third kappa shape index (κ3) is 6.09. The molecule has 5 N–H and O–H groups in total. The van der Waals surface area contributed by atoms with Gasteiger partial charge in [0.15, 0.2) is 0 Å². The van der Waals surface area contributed by atoms with Crippen molar-refractivity contribution in [2.75, 3.05) is 6.54 Å². The molecule has 1 fully saturated rings. The number of nitrogens with one attached hydrogen (secondary N) is 1. The van der Waals surface area contributed by atoms with E-state index in [4.69, 9.17) is 10.2 Å². The molecule has 9 nitrogen and oxygen atoms in total. The van der Waals surface area contributed by atoms with E-state index in [9.17, 15) is 23.1 Å². The third-order valence-corrected chi connectivity index (χ3v) is 7.36. The van der Waals surface area contributed by atoms with E-state index in [0.29, 0.717) is 24.1 Å². The number of carbonyl (C=O) groups excluding carboxylic acids is 1. The second kappa shape index (κ2) is 10.6. The molecule has 4 rings (SSSR count). The Kier molecular flexibility index (Phi) is 7.50. The van der Waals surface area contributed by atoms with Gasteiger partial charge >= 0.3 is 5.97 Å². The summed E-state index contributed by atoms with van der Waals surface area (Å²) in [5, 5.41) is 27.6. The van der Waals surface area contributed by atoms with Gasteiger partial charge in [0, 0.05) is 23.7 Å². The normalized spacial score (nSPS) is 16.6. The fraction of sp³-hybridized carbons (Fsp3) is 0.259. The maximum absolute atomic E-state index is 13.1. The Labute approximate surface area is 215 Å². The van der Waals surface area contributed by atoms with Gasteiger partial charge in [-0.15, -0.1) is 0 Å². The van der Waals surface area contributed by atoms with E-state index in [0.717, 1.165) is 30.2 Å². The molecule has 1 heterocycles. The zero-order chi connectivity index (χ0) is 26.7. The standard InChI is InChI=1S/C27H27N3O6S/c1-17(19-7-9-20(10-8-19)27(33)34)29-26(32)24-6-3-13-30(24)16-18-4-2-5-21(14-18)23-12-11-22(15-25(23)31)37(28,35)36/h4,7-12,14-15,17,24,31H,3,6,13,16H2,1H3,(H,29,32)(H,33,34)(H2,28,35,36)/t17-,24+/m0/s1. The van der Waals surface area contributed by atoms with Crippen LogP contribution in [0.1, 0.15) is 47.3 Å².